The summed E-state index contributed by atoms with van der Waals surface area (Å²) in [4.78, 5) is 27.4. The second-order valence-corrected chi connectivity index (χ2v) is 9.34. The lowest BCUT2D eigenvalue weighted by atomic mass is 9.90. The third-order valence-corrected chi connectivity index (χ3v) is 6.92. The van der Waals surface area contributed by atoms with E-state index in [9.17, 15) is 14.7 Å². The van der Waals surface area contributed by atoms with Crippen LogP contribution in [-0.4, -0.2) is 60.3 Å². The van der Waals surface area contributed by atoms with Crippen LogP contribution in [0.3, 0.4) is 0 Å². The van der Waals surface area contributed by atoms with Gasteiger partial charge in [-0.25, -0.2) is 4.79 Å². The first kappa shape index (κ1) is 25.2. The van der Waals surface area contributed by atoms with E-state index in [1.165, 1.54) is 12.5 Å². The monoisotopic (exact) mass is 480 g/mol. The van der Waals surface area contributed by atoms with Crippen molar-refractivity contribution in [3.63, 3.8) is 0 Å². The van der Waals surface area contributed by atoms with E-state index in [0.29, 0.717) is 6.61 Å². The maximum absolute atomic E-state index is 13.4. The molecule has 2 N–H and O–H groups in total. The molecule has 0 aliphatic carbocycles. The Bertz CT molecular complexity index is 984. The van der Waals surface area contributed by atoms with E-state index < -0.39 is 5.97 Å². The van der Waals surface area contributed by atoms with Crippen molar-refractivity contribution < 1.29 is 24.2 Å². The molecule has 0 spiro atoms. The van der Waals surface area contributed by atoms with E-state index in [1.807, 2.05) is 18.2 Å². The van der Waals surface area contributed by atoms with Crippen molar-refractivity contribution in [1.29, 1.82) is 0 Å². The zero-order valence-electron chi connectivity index (χ0n) is 20.4. The number of hydrogen-bond acceptors (Lipinski definition) is 5. The summed E-state index contributed by atoms with van der Waals surface area (Å²) in [7, 11) is 0. The minimum atomic E-state index is -1.05. The highest BCUT2D eigenvalue weighted by Gasteiger charge is 2.38. The molecule has 3 unspecified atom stereocenters. The summed E-state index contributed by atoms with van der Waals surface area (Å²) < 4.78 is 11.7. The fraction of sp³-hybridized carbons (Fsp3) is 0.500. The van der Waals surface area contributed by atoms with Gasteiger partial charge in [-0.15, -0.1) is 0 Å². The van der Waals surface area contributed by atoms with Gasteiger partial charge in [0.15, 0.2) is 0 Å². The minimum absolute atomic E-state index is 0.0672. The Labute approximate surface area is 207 Å². The Morgan fingerprint density at radius 1 is 1.11 bits per heavy atom. The molecule has 1 amide bonds. The van der Waals surface area contributed by atoms with Crippen LogP contribution < -0.4 is 10.1 Å². The highest BCUT2D eigenvalue weighted by atomic mass is 16.5. The van der Waals surface area contributed by atoms with Gasteiger partial charge in [-0.05, 0) is 69.0 Å². The van der Waals surface area contributed by atoms with Crippen LogP contribution in [0.2, 0.25) is 0 Å². The molecule has 2 saturated heterocycles. The Balaban J connectivity index is 1.58. The first-order valence-corrected chi connectivity index (χ1v) is 12.8. The van der Waals surface area contributed by atoms with Crippen molar-refractivity contribution in [2.75, 3.05) is 26.3 Å². The molecule has 0 aromatic heterocycles. The number of hydrogen-bond donors (Lipinski definition) is 2. The van der Waals surface area contributed by atoms with Gasteiger partial charge in [0.05, 0.1) is 31.2 Å². The normalized spacial score (nSPS) is 20.2. The summed E-state index contributed by atoms with van der Waals surface area (Å²) in [6, 6.07) is 14.9. The van der Waals surface area contributed by atoms with Crippen LogP contribution in [0.1, 0.15) is 66.6 Å². The smallest absolute Gasteiger partial charge is 0.339 e. The molecular weight excluding hydrogens is 444 g/mol. The molecule has 0 radical (unpaired) electrons. The van der Waals surface area contributed by atoms with Gasteiger partial charge in [-0.3, -0.25) is 9.69 Å². The van der Waals surface area contributed by atoms with Crippen LogP contribution in [0.5, 0.6) is 5.75 Å². The quantitative estimate of drug-likeness (QED) is 0.530. The summed E-state index contributed by atoms with van der Waals surface area (Å²) in [6.07, 6.45) is 5.82. The number of carbonyl (C=O) groups is 2. The van der Waals surface area contributed by atoms with E-state index in [2.05, 4.69) is 22.3 Å². The molecule has 2 heterocycles. The highest BCUT2D eigenvalue weighted by molar-refractivity contribution is 5.91. The first-order chi connectivity index (χ1) is 17.1. The van der Waals surface area contributed by atoms with Gasteiger partial charge in [0.1, 0.15) is 11.3 Å². The topological polar surface area (TPSA) is 88.1 Å². The van der Waals surface area contributed by atoms with Crippen molar-refractivity contribution in [3.8, 4) is 5.75 Å². The van der Waals surface area contributed by atoms with E-state index in [-0.39, 0.29) is 41.8 Å². The van der Waals surface area contributed by atoms with E-state index in [0.717, 1.165) is 56.5 Å². The summed E-state index contributed by atoms with van der Waals surface area (Å²) >= 11 is 0. The summed E-state index contributed by atoms with van der Waals surface area (Å²) in [5.41, 5.74) is 1.89. The number of rotatable bonds is 10. The Morgan fingerprint density at radius 2 is 1.89 bits per heavy atom. The molecule has 2 aromatic carbocycles. The number of carboxylic acids is 1. The molecule has 0 bridgehead atoms. The number of amides is 1. The average Bonchev–Trinajstić information content (AvgIpc) is 3.39. The van der Waals surface area contributed by atoms with Gasteiger partial charge >= 0.3 is 5.97 Å². The summed E-state index contributed by atoms with van der Waals surface area (Å²) in [5.74, 6) is -0.866. The molecular formula is C28H36N2O5. The molecule has 2 fully saturated rings. The molecule has 4 rings (SSSR count). The molecule has 2 aliphatic heterocycles. The zero-order chi connectivity index (χ0) is 24.6. The Morgan fingerprint density at radius 3 is 2.54 bits per heavy atom. The fourth-order valence-corrected chi connectivity index (χ4v) is 5.31. The second kappa shape index (κ2) is 12.2. The number of likely N-dealkylation sites (tertiary alicyclic amines) is 1. The number of aromatic carboxylic acids is 1. The Kier molecular flexibility index (Phi) is 8.77. The fourth-order valence-electron chi connectivity index (χ4n) is 5.31. The Hall–Kier alpha value is -2.90. The maximum atomic E-state index is 13.4. The van der Waals surface area contributed by atoms with Gasteiger partial charge in [-0.2, -0.15) is 0 Å². The number of carbonyl (C=O) groups excluding carboxylic acids is 1. The standard InChI is InChI=1S/C28H36N2O5/c1-2-34-24-18-20(13-14-22(24)28(32)33)19-25(31)29-26(21-10-5-3-6-11-21)27(23-12-9-17-35-23)30-15-7-4-8-16-30/h3,5-6,10-11,13-14,18,23,26-27H,2,4,7-9,12,15-17,19H2,1H3,(H,29,31)(H,32,33). The van der Waals surface area contributed by atoms with Crippen molar-refractivity contribution in [2.24, 2.45) is 0 Å². The van der Waals surface area contributed by atoms with Crippen molar-refractivity contribution in [2.45, 2.75) is 63.6 Å². The number of piperidine rings is 1. The van der Waals surface area contributed by atoms with E-state index in [1.54, 1.807) is 19.1 Å². The van der Waals surface area contributed by atoms with Crippen LogP contribution in [0.4, 0.5) is 0 Å². The molecule has 7 heteroatoms. The maximum Gasteiger partial charge on any atom is 0.339 e. The van der Waals surface area contributed by atoms with Crippen LogP contribution in [0.25, 0.3) is 0 Å². The molecule has 0 saturated carbocycles. The van der Waals surface area contributed by atoms with Gasteiger partial charge < -0.3 is 19.9 Å². The minimum Gasteiger partial charge on any atom is -0.493 e. The lowest BCUT2D eigenvalue weighted by molar-refractivity contribution is -0.122. The summed E-state index contributed by atoms with van der Waals surface area (Å²) in [6.45, 7) is 4.95. The van der Waals surface area contributed by atoms with Crippen LogP contribution >= 0.6 is 0 Å². The number of nitrogens with zero attached hydrogens (tertiary/aromatic N) is 1. The molecule has 7 nitrogen and oxygen atoms in total. The number of ether oxygens (including phenoxy) is 2. The lowest BCUT2D eigenvalue weighted by Crippen LogP contribution is -2.54. The SMILES string of the molecule is CCOc1cc(CC(=O)NC(c2ccccc2)C(C2CCCO2)N2CCCCC2)ccc1C(=O)O. The predicted octanol–water partition coefficient (Wildman–Crippen LogP) is 4.22. The number of benzene rings is 2. The zero-order valence-corrected chi connectivity index (χ0v) is 20.4. The van der Waals surface area contributed by atoms with E-state index in [4.69, 9.17) is 9.47 Å². The summed E-state index contributed by atoms with van der Waals surface area (Å²) in [5, 5.41) is 12.8. The van der Waals surface area contributed by atoms with Crippen LogP contribution in [-0.2, 0) is 16.0 Å². The third kappa shape index (κ3) is 6.41. The predicted molar refractivity (Wildman–Crippen MR) is 134 cm³/mol. The lowest BCUT2D eigenvalue weighted by Gasteiger charge is -2.42. The van der Waals surface area contributed by atoms with Crippen molar-refractivity contribution >= 4 is 11.9 Å². The molecule has 188 valence electrons. The van der Waals surface area contributed by atoms with Crippen molar-refractivity contribution in [1.82, 2.24) is 10.2 Å². The van der Waals surface area contributed by atoms with Crippen LogP contribution in [0.15, 0.2) is 48.5 Å². The molecule has 2 aliphatic rings. The number of nitrogens with one attached hydrogen (secondary N) is 1. The third-order valence-electron chi connectivity index (χ3n) is 6.92. The molecule has 2 aromatic rings. The van der Waals surface area contributed by atoms with Crippen molar-refractivity contribution in [3.05, 3.63) is 65.2 Å². The number of carboxylic acid groups (broad SMARTS) is 1. The van der Waals surface area contributed by atoms with Gasteiger partial charge in [-0.1, -0.05) is 42.8 Å². The first-order valence-electron chi connectivity index (χ1n) is 12.8. The van der Waals surface area contributed by atoms with E-state index >= 15 is 0 Å². The van der Waals surface area contributed by atoms with Gasteiger partial charge in [0.2, 0.25) is 5.91 Å². The van der Waals surface area contributed by atoms with Gasteiger partial charge in [0, 0.05) is 6.61 Å². The largest absolute Gasteiger partial charge is 0.493 e. The average molecular weight is 481 g/mol. The molecule has 3 atom stereocenters. The van der Waals surface area contributed by atoms with Crippen LogP contribution in [0, 0.1) is 0 Å². The molecule has 35 heavy (non-hydrogen) atoms. The second-order valence-electron chi connectivity index (χ2n) is 9.34. The van der Waals surface area contributed by atoms with Gasteiger partial charge in [0.25, 0.3) is 0 Å². The highest BCUT2D eigenvalue weighted by Crippen LogP contribution is 2.32.